The second-order valence-corrected chi connectivity index (χ2v) is 21.0. The van der Waals surface area contributed by atoms with Gasteiger partial charge in [-0.3, -0.25) is 14.7 Å². The molecule has 3 aliphatic rings. The molecule has 3 saturated heterocycles. The number of anilines is 3. The maximum atomic E-state index is 14.2. The summed E-state index contributed by atoms with van der Waals surface area (Å²) in [6.07, 6.45) is -15.0. The molecular formula is C57H51Cl3F3N15S3. The Morgan fingerprint density at radius 3 is 1.47 bits per heavy atom. The topological polar surface area (TPSA) is 195 Å². The molecule has 12 rings (SSSR count). The molecule has 81 heavy (non-hydrogen) atoms. The summed E-state index contributed by atoms with van der Waals surface area (Å²) in [4.78, 5) is 24.3. The van der Waals surface area contributed by atoms with Crippen molar-refractivity contribution in [3.05, 3.63) is 155 Å². The summed E-state index contributed by atoms with van der Waals surface area (Å²) in [5.41, 5.74) is -3.07. The van der Waals surface area contributed by atoms with Gasteiger partial charge < -0.3 is 15.9 Å². The van der Waals surface area contributed by atoms with Crippen LogP contribution in [0.1, 0.15) is 113 Å². The van der Waals surface area contributed by atoms with Crippen LogP contribution >= 0.6 is 68.8 Å². The minimum Gasteiger partial charge on any atom is -0.366 e. The first kappa shape index (κ1) is 29.4. The van der Waals surface area contributed by atoms with Gasteiger partial charge >= 0.3 is 0 Å². The van der Waals surface area contributed by atoms with E-state index in [0.717, 1.165) is 0 Å². The molecule has 6 aromatic heterocycles. The molecule has 0 aliphatic carbocycles. The summed E-state index contributed by atoms with van der Waals surface area (Å²) < 4.78 is 321. The molecular weight excluding hydrogens is 1150 g/mol. The zero-order valence-electron chi connectivity index (χ0n) is 73.3. The average molecular weight is 1240 g/mol. The number of nitrogens with zero attached hydrogens (tertiary/aromatic N) is 12. The Kier molecular flexibility index (Phi) is 9.76. The SMILES string of the molecule is [2H]c1cc(C([2H])N2CCC(N([2H])c3ncnc4c([2H])c(Cl)sc34)CC2)cc(C#N)c1F.[2H]c1nc(N([2H])C2([2H])C([2H])([2H])C([2H])([2H])N(C([2H])([2H])c3cc([2H])c(F)c(C#N)c3)C([2H])([2H])C2([2H])[2H])c2sc(Cl)c([2H])c2n1.[2H]c1nc(N([2H])C2([2H])C([2H])([2H])C([2H])([2H])N(C([2H])c3cc([2H])c(F)c(C#N)c3)C([2H])([2H])C2([2H])[2H])c2sc(Cl)c([2H])c2n1. The molecule has 2 unspecified atom stereocenters. The molecule has 9 heterocycles. The number of benzene rings is 3. The molecule has 0 radical (unpaired) electrons. The van der Waals surface area contributed by atoms with Crippen LogP contribution < -0.4 is 15.9 Å². The highest BCUT2D eigenvalue weighted by molar-refractivity contribution is 7.24. The number of hydrogen-bond donors (Lipinski definition) is 3. The molecule has 24 heteroatoms. The Bertz CT molecular complexity index is 5440. The van der Waals surface area contributed by atoms with E-state index in [-0.39, 0.29) is 62.3 Å². The fraction of sp³-hybridized carbons (Fsp3) is 0.316. The van der Waals surface area contributed by atoms with E-state index in [1.807, 2.05) is 4.90 Å². The van der Waals surface area contributed by atoms with Crippen molar-refractivity contribution in [2.24, 2.45) is 0 Å². The van der Waals surface area contributed by atoms with Gasteiger partial charge in [-0.1, -0.05) is 53.0 Å². The highest BCUT2D eigenvalue weighted by Crippen LogP contribution is 2.36. The number of nitrogens with one attached hydrogen (secondary N) is 3. The van der Waals surface area contributed by atoms with Gasteiger partial charge in [-0.15, -0.1) is 34.0 Å². The van der Waals surface area contributed by atoms with Gasteiger partial charge in [0, 0.05) is 104 Å². The van der Waals surface area contributed by atoms with Crippen LogP contribution in [0.15, 0.2) is 91.6 Å². The van der Waals surface area contributed by atoms with Gasteiger partial charge in [0.15, 0.2) is 4.24 Å². The lowest BCUT2D eigenvalue weighted by Gasteiger charge is -2.32. The fourth-order valence-electron chi connectivity index (χ4n) is 7.17. The molecule has 3 fully saturated rings. The summed E-state index contributed by atoms with van der Waals surface area (Å²) in [7, 11) is 0. The lowest BCUT2D eigenvalue weighted by atomic mass is 10.0. The van der Waals surface area contributed by atoms with Gasteiger partial charge in [-0.2, -0.15) is 15.8 Å². The molecule has 3 aliphatic heterocycles. The summed E-state index contributed by atoms with van der Waals surface area (Å²) in [6.45, 7) is -21.3. The zero-order valence-corrected chi connectivity index (χ0v) is 45.0. The summed E-state index contributed by atoms with van der Waals surface area (Å²) >= 11 is 20.4. The van der Waals surface area contributed by atoms with Crippen LogP contribution in [0.2, 0.25) is 17.2 Å². The summed E-state index contributed by atoms with van der Waals surface area (Å²) in [5.74, 6) is -4.78. The molecule has 2 atom stereocenters. The van der Waals surface area contributed by atoms with E-state index in [1.165, 1.54) is 47.2 Å². The predicted octanol–water partition coefficient (Wildman–Crippen LogP) is 13.3. The molecule has 3 N–H and O–H groups in total. The molecule has 0 bridgehead atoms. The molecule has 9 aromatic rings. The van der Waals surface area contributed by atoms with E-state index < -0.39 is 182 Å². The second kappa shape index (κ2) is 26.8. The maximum Gasteiger partial charge on any atom is 0.162 e. The Hall–Kier alpha value is -6.81. The van der Waals surface area contributed by atoms with Crippen molar-refractivity contribution in [2.75, 3.05) is 55.0 Å². The first-order valence-electron chi connectivity index (χ1n) is 39.3. The lowest BCUT2D eigenvalue weighted by molar-refractivity contribution is 0.211. The van der Waals surface area contributed by atoms with Crippen LogP contribution in [0.25, 0.3) is 30.6 Å². The molecule has 414 valence electrons. The number of nitriles is 3. The smallest absolute Gasteiger partial charge is 0.162 e. The minimum atomic E-state index is -4.03. The van der Waals surface area contributed by atoms with Gasteiger partial charge in [0.25, 0.3) is 0 Å². The van der Waals surface area contributed by atoms with Crippen LogP contribution in [-0.4, -0.2) is 102 Å². The average Bonchev–Trinajstić information content (AvgIpc) is 0.696. The van der Waals surface area contributed by atoms with E-state index >= 15 is 0 Å². The van der Waals surface area contributed by atoms with Crippen molar-refractivity contribution in [3.63, 3.8) is 0 Å². The molecule has 0 amide bonds. The Morgan fingerprint density at radius 1 is 0.593 bits per heavy atom. The first-order valence-corrected chi connectivity index (χ1v) is 26.4. The van der Waals surface area contributed by atoms with Gasteiger partial charge in [-0.25, -0.2) is 43.1 Å². The van der Waals surface area contributed by atoms with Gasteiger partial charge in [0.2, 0.25) is 0 Å². The minimum absolute atomic E-state index is 0.135. The van der Waals surface area contributed by atoms with Crippen molar-refractivity contribution in [2.45, 2.75) is 75.9 Å². The highest BCUT2D eigenvalue weighted by atomic mass is 35.5. The summed E-state index contributed by atoms with van der Waals surface area (Å²) in [6, 6.07) is -1.37. The third kappa shape index (κ3) is 14.8. The number of hydrogen-bond acceptors (Lipinski definition) is 18. The van der Waals surface area contributed by atoms with Crippen LogP contribution in [0.5, 0.6) is 0 Å². The fourth-order valence-corrected chi connectivity index (χ4v) is 10.3. The van der Waals surface area contributed by atoms with E-state index in [9.17, 15) is 23.7 Å². The number of halogens is 6. The monoisotopic (exact) mass is 1240 g/mol. The number of likely N-dealkylation sites (tertiary alicyclic amines) is 3. The molecule has 3 aromatic carbocycles. The van der Waals surface area contributed by atoms with E-state index in [0.29, 0.717) is 98.8 Å². The van der Waals surface area contributed by atoms with Crippen LogP contribution in [-0.2, 0) is 19.5 Å². The molecule has 0 spiro atoms. The molecule has 0 saturated carbocycles. The Labute approximate surface area is 539 Å². The predicted molar refractivity (Wildman–Crippen MR) is 316 cm³/mol. The van der Waals surface area contributed by atoms with E-state index in [2.05, 4.69) is 29.9 Å². The third-order valence-electron chi connectivity index (χ3n) is 10.8. The van der Waals surface area contributed by atoms with Gasteiger partial charge in [0.05, 0.1) is 71.3 Å². The largest absolute Gasteiger partial charge is 0.366 e. The first-order chi connectivity index (χ1) is 52.4. The van der Waals surface area contributed by atoms with Crippen LogP contribution in [0.4, 0.5) is 30.6 Å². The highest BCUT2D eigenvalue weighted by Gasteiger charge is 2.25. The number of aromatic nitrogens is 6. The molecule has 15 nitrogen and oxygen atoms in total. The van der Waals surface area contributed by atoms with Crippen molar-refractivity contribution in [1.82, 2.24) is 44.6 Å². The summed E-state index contributed by atoms with van der Waals surface area (Å²) in [5, 5.41) is 28.3. The third-order valence-corrected chi connectivity index (χ3v) is 14.4. The van der Waals surface area contributed by atoms with Crippen molar-refractivity contribution in [3.8, 4) is 18.2 Å². The van der Waals surface area contributed by atoms with E-state index in [4.69, 9.17) is 85.4 Å². The normalized spacial score (nSPS) is 28.4. The Balaban J connectivity index is 0.000000183. The lowest BCUT2D eigenvalue weighted by Crippen LogP contribution is -2.38. The number of thiophene rings is 3. The van der Waals surface area contributed by atoms with Gasteiger partial charge in [0.1, 0.15) is 74.8 Å². The zero-order chi connectivity index (χ0) is 85.7. The van der Waals surface area contributed by atoms with Crippen LogP contribution in [0.3, 0.4) is 0 Å². The van der Waals surface area contributed by atoms with E-state index in [1.54, 1.807) is 6.07 Å². The Morgan fingerprint density at radius 2 is 1.00 bits per heavy atom. The van der Waals surface area contributed by atoms with Crippen molar-refractivity contribution in [1.29, 1.82) is 15.8 Å². The number of piperidine rings is 3. The number of fused-ring (bicyclic) bond motifs is 3. The van der Waals surface area contributed by atoms with Gasteiger partial charge in [-0.05, 0) is 109 Å². The standard InChI is InChI=1S/3C19H17ClFN5S/c3*20-17-8-16-18(27-17)19(24-11-23-16)25-14-3-5-26(6-4-14)10-12-1-2-15(21)13(7-12)9-22/h3*1-2,7-8,11,14H,3-6,10H2,(H,23,24,25)/i2D,3D2,4D2,5D2,6D2,8D,10D2,11D,14D;2D,3D2,4D2,5D2,6D2,8D,10D,11D,14D;2D,8D,10D/hD3. The second-order valence-electron chi connectivity index (χ2n) is 16.1. The quantitative estimate of drug-likeness (QED) is 0.104. The maximum absolute atomic E-state index is 14.2. The van der Waals surface area contributed by atoms with Crippen molar-refractivity contribution >= 4 is 117 Å². The number of rotatable bonds is 12. The van der Waals surface area contributed by atoms with Crippen molar-refractivity contribution < 1.29 is 58.5 Å². The van der Waals surface area contributed by atoms with Crippen LogP contribution in [0, 0.1) is 51.4 Å².